The second kappa shape index (κ2) is 7.78. The van der Waals surface area contributed by atoms with E-state index in [9.17, 15) is 13.6 Å². The van der Waals surface area contributed by atoms with Crippen LogP contribution in [0.4, 0.5) is 14.6 Å². The Hall–Kier alpha value is -2.25. The lowest BCUT2D eigenvalue weighted by atomic mass is 9.74. The zero-order valence-corrected chi connectivity index (χ0v) is 15.6. The predicted molar refractivity (Wildman–Crippen MR) is 97.5 cm³/mol. The van der Waals surface area contributed by atoms with Crippen molar-refractivity contribution in [2.75, 3.05) is 18.5 Å². The van der Waals surface area contributed by atoms with Gasteiger partial charge >= 0.3 is 6.61 Å². The van der Waals surface area contributed by atoms with E-state index in [4.69, 9.17) is 16.3 Å². The minimum Gasteiger partial charge on any atom is -0.431 e. The van der Waals surface area contributed by atoms with E-state index in [0.29, 0.717) is 0 Å². The van der Waals surface area contributed by atoms with Crippen molar-refractivity contribution in [3.63, 3.8) is 0 Å². The third-order valence-electron chi connectivity index (χ3n) is 4.50. The van der Waals surface area contributed by atoms with Crippen LogP contribution < -0.4 is 10.1 Å². The first-order valence-corrected chi connectivity index (χ1v) is 8.80. The van der Waals surface area contributed by atoms with Crippen LogP contribution in [0.25, 0.3) is 0 Å². The Morgan fingerprint density at radius 1 is 1.33 bits per heavy atom. The average molecular weight is 397 g/mol. The molecule has 1 aliphatic rings. The number of rotatable bonds is 6. The number of anilines is 1. The Labute approximate surface area is 160 Å². The second-order valence-corrected chi connectivity index (χ2v) is 7.09. The van der Waals surface area contributed by atoms with Gasteiger partial charge in [-0.15, -0.1) is 0 Å². The summed E-state index contributed by atoms with van der Waals surface area (Å²) in [6, 6.07) is 8.82. The second-order valence-electron chi connectivity index (χ2n) is 6.65. The Balaban J connectivity index is 1.94. The molecule has 27 heavy (non-hydrogen) atoms. The summed E-state index contributed by atoms with van der Waals surface area (Å²) in [4.78, 5) is 17.0. The van der Waals surface area contributed by atoms with Gasteiger partial charge in [0, 0.05) is 12.3 Å². The van der Waals surface area contributed by atoms with Crippen LogP contribution in [0.3, 0.4) is 0 Å². The van der Waals surface area contributed by atoms with Crippen molar-refractivity contribution in [1.29, 1.82) is 0 Å². The summed E-state index contributed by atoms with van der Waals surface area (Å²) in [7, 11) is 0. The van der Waals surface area contributed by atoms with Gasteiger partial charge in [0.1, 0.15) is 5.41 Å². The van der Waals surface area contributed by atoms with Gasteiger partial charge in [0.25, 0.3) is 0 Å². The van der Waals surface area contributed by atoms with Crippen LogP contribution in [0.5, 0.6) is 5.75 Å². The zero-order valence-electron chi connectivity index (χ0n) is 14.8. The molecule has 0 aliphatic carbocycles. The van der Waals surface area contributed by atoms with Crippen LogP contribution in [0.2, 0.25) is 5.02 Å². The van der Waals surface area contributed by atoms with Crippen LogP contribution in [0, 0.1) is 0 Å². The lowest BCUT2D eigenvalue weighted by Crippen LogP contribution is -2.56. The summed E-state index contributed by atoms with van der Waals surface area (Å²) >= 11 is 5.80. The van der Waals surface area contributed by atoms with Crippen LogP contribution in [-0.4, -0.2) is 30.7 Å². The van der Waals surface area contributed by atoms with E-state index < -0.39 is 17.9 Å². The molecule has 8 heteroatoms. The molecule has 1 fully saturated rings. The summed E-state index contributed by atoms with van der Waals surface area (Å²) in [6.07, 6.45) is 1.25. The fourth-order valence-corrected chi connectivity index (χ4v) is 3.23. The smallest absolute Gasteiger partial charge is 0.387 e. The van der Waals surface area contributed by atoms with Gasteiger partial charge < -0.3 is 14.8 Å². The standard InChI is InChI=1S/C19H19ClF2N2O3/c1-11(2)13-5-3-4-6-14(13)19(9-26-10-19)17(25)24-16-15(27-18(21)22)7-12(20)8-23-16/h3-8,11,18H,9-10H2,1-2H3,(H,23,24,25). The quantitative estimate of drug-likeness (QED) is 0.787. The van der Waals surface area contributed by atoms with Gasteiger partial charge in [-0.3, -0.25) is 4.79 Å². The summed E-state index contributed by atoms with van der Waals surface area (Å²) in [6.45, 7) is 1.41. The molecule has 2 heterocycles. The number of aromatic nitrogens is 1. The number of carbonyl (C=O) groups is 1. The van der Waals surface area contributed by atoms with Crippen molar-refractivity contribution < 1.29 is 23.0 Å². The maximum atomic E-state index is 13.1. The molecule has 1 aromatic carbocycles. The van der Waals surface area contributed by atoms with E-state index in [1.54, 1.807) is 0 Å². The molecule has 0 unspecified atom stereocenters. The third kappa shape index (κ3) is 3.89. The number of amides is 1. The molecule has 2 aromatic rings. The van der Waals surface area contributed by atoms with E-state index >= 15 is 0 Å². The minimum absolute atomic E-state index is 0.113. The van der Waals surface area contributed by atoms with Crippen LogP contribution >= 0.6 is 11.6 Å². The summed E-state index contributed by atoms with van der Waals surface area (Å²) < 4.78 is 35.1. The number of nitrogens with one attached hydrogen (secondary N) is 1. The zero-order chi connectivity index (χ0) is 19.6. The number of alkyl halides is 2. The Bertz CT molecular complexity index is 841. The van der Waals surface area contributed by atoms with Gasteiger partial charge in [-0.05, 0) is 17.0 Å². The van der Waals surface area contributed by atoms with Crippen LogP contribution in [0.15, 0.2) is 36.5 Å². The molecular formula is C19H19ClF2N2O3. The van der Waals surface area contributed by atoms with Gasteiger partial charge in [-0.2, -0.15) is 8.78 Å². The molecule has 1 aromatic heterocycles. The van der Waals surface area contributed by atoms with Gasteiger partial charge in [-0.25, -0.2) is 4.98 Å². The fraction of sp³-hybridized carbons (Fsp3) is 0.368. The number of halogens is 3. The van der Waals surface area contributed by atoms with Crippen molar-refractivity contribution in [1.82, 2.24) is 4.98 Å². The van der Waals surface area contributed by atoms with Crippen molar-refractivity contribution in [2.45, 2.75) is 31.8 Å². The average Bonchev–Trinajstić information content (AvgIpc) is 2.56. The fourth-order valence-electron chi connectivity index (χ4n) is 3.08. The largest absolute Gasteiger partial charge is 0.431 e. The molecular weight excluding hydrogens is 378 g/mol. The molecule has 1 saturated heterocycles. The maximum Gasteiger partial charge on any atom is 0.387 e. The van der Waals surface area contributed by atoms with E-state index in [1.165, 1.54) is 12.3 Å². The first-order chi connectivity index (χ1) is 12.8. The SMILES string of the molecule is CC(C)c1ccccc1C1(C(=O)Nc2ncc(Cl)cc2OC(F)F)COC1. The first kappa shape index (κ1) is 19.5. The number of ether oxygens (including phenoxy) is 2. The number of hydrogen-bond acceptors (Lipinski definition) is 4. The highest BCUT2D eigenvalue weighted by molar-refractivity contribution is 6.30. The van der Waals surface area contributed by atoms with Crippen molar-refractivity contribution in [2.24, 2.45) is 0 Å². The normalized spacial score (nSPS) is 15.5. The molecule has 3 rings (SSSR count). The first-order valence-electron chi connectivity index (χ1n) is 8.42. The monoisotopic (exact) mass is 396 g/mol. The molecule has 144 valence electrons. The molecule has 0 bridgehead atoms. The van der Waals surface area contributed by atoms with E-state index in [2.05, 4.69) is 15.0 Å². The van der Waals surface area contributed by atoms with Crippen LogP contribution in [-0.2, 0) is 14.9 Å². The van der Waals surface area contributed by atoms with Gasteiger partial charge in [0.05, 0.1) is 18.2 Å². The van der Waals surface area contributed by atoms with Crippen LogP contribution in [0.1, 0.15) is 30.9 Å². The number of hydrogen-bond donors (Lipinski definition) is 1. The molecule has 1 aliphatic heterocycles. The van der Waals surface area contributed by atoms with E-state index in [-0.39, 0.29) is 35.7 Å². The number of carbonyl (C=O) groups excluding carboxylic acids is 1. The third-order valence-corrected chi connectivity index (χ3v) is 4.70. The highest BCUT2D eigenvalue weighted by atomic mass is 35.5. The van der Waals surface area contributed by atoms with E-state index in [0.717, 1.165) is 11.1 Å². The lowest BCUT2D eigenvalue weighted by Gasteiger charge is -2.41. The van der Waals surface area contributed by atoms with Gasteiger partial charge in [0.2, 0.25) is 5.91 Å². The molecule has 1 amide bonds. The molecule has 0 spiro atoms. The highest BCUT2D eigenvalue weighted by Gasteiger charge is 2.49. The van der Waals surface area contributed by atoms with E-state index in [1.807, 2.05) is 38.1 Å². The molecule has 5 nitrogen and oxygen atoms in total. The Kier molecular flexibility index (Phi) is 5.62. The van der Waals surface area contributed by atoms with Crippen molar-refractivity contribution in [3.8, 4) is 5.75 Å². The topological polar surface area (TPSA) is 60.5 Å². The minimum atomic E-state index is -3.07. The van der Waals surface area contributed by atoms with Gasteiger partial charge in [0.15, 0.2) is 11.6 Å². The maximum absolute atomic E-state index is 13.1. The summed E-state index contributed by atoms with van der Waals surface area (Å²) in [5, 5.41) is 2.72. The number of benzene rings is 1. The van der Waals surface area contributed by atoms with Crippen molar-refractivity contribution in [3.05, 3.63) is 52.7 Å². The van der Waals surface area contributed by atoms with Crippen molar-refractivity contribution >= 4 is 23.3 Å². The Morgan fingerprint density at radius 3 is 2.63 bits per heavy atom. The molecule has 0 radical (unpaired) electrons. The summed E-state index contributed by atoms with van der Waals surface area (Å²) in [5.74, 6) is -0.593. The Morgan fingerprint density at radius 2 is 2.04 bits per heavy atom. The molecule has 0 atom stereocenters. The number of pyridine rings is 1. The lowest BCUT2D eigenvalue weighted by molar-refractivity contribution is -0.139. The summed E-state index contributed by atoms with van der Waals surface area (Å²) in [5.41, 5.74) is 0.975. The predicted octanol–water partition coefficient (Wildman–Crippen LogP) is 4.37. The highest BCUT2D eigenvalue weighted by Crippen LogP contribution is 2.39. The molecule has 1 N–H and O–H groups in total. The van der Waals surface area contributed by atoms with Gasteiger partial charge in [-0.1, -0.05) is 49.7 Å². The number of nitrogens with zero attached hydrogens (tertiary/aromatic N) is 1. The molecule has 0 saturated carbocycles.